The number of hydrogen-bond donors (Lipinski definition) is 2. The lowest BCUT2D eigenvalue weighted by Crippen LogP contribution is -2.14. The van der Waals surface area contributed by atoms with Gasteiger partial charge in [0.2, 0.25) is 20.0 Å². The lowest BCUT2D eigenvalue weighted by molar-refractivity contribution is 0.217. The lowest BCUT2D eigenvalue weighted by atomic mass is 10.2. The van der Waals surface area contributed by atoms with Crippen LogP contribution in [0.15, 0.2) is 46.2 Å². The number of primary sulfonamides is 2. The van der Waals surface area contributed by atoms with Gasteiger partial charge in [-0.05, 0) is 61.4 Å². The van der Waals surface area contributed by atoms with Crippen molar-refractivity contribution in [3.8, 4) is 11.5 Å². The third-order valence-electron chi connectivity index (χ3n) is 3.53. The molecule has 2 rings (SSSR count). The maximum absolute atomic E-state index is 11.4. The molecule has 0 aliphatic rings. The third kappa shape index (κ3) is 5.18. The van der Waals surface area contributed by atoms with E-state index in [-0.39, 0.29) is 23.0 Å². The Morgan fingerprint density at radius 2 is 1.08 bits per heavy atom. The van der Waals surface area contributed by atoms with Gasteiger partial charge in [-0.1, -0.05) is 0 Å². The van der Waals surface area contributed by atoms with Gasteiger partial charge < -0.3 is 9.47 Å². The van der Waals surface area contributed by atoms with Crippen LogP contribution >= 0.6 is 0 Å². The summed E-state index contributed by atoms with van der Waals surface area (Å²) < 4.78 is 56.5. The first-order chi connectivity index (χ1) is 12.0. The van der Waals surface area contributed by atoms with Crippen LogP contribution in [0.4, 0.5) is 0 Å². The number of aryl methyl sites for hydroxylation is 2. The van der Waals surface area contributed by atoms with Crippen LogP contribution in [-0.2, 0) is 20.0 Å². The Labute approximate surface area is 152 Å². The number of hydrogen-bond acceptors (Lipinski definition) is 6. The van der Waals surface area contributed by atoms with E-state index in [9.17, 15) is 16.8 Å². The Balaban J connectivity index is 1.93. The summed E-state index contributed by atoms with van der Waals surface area (Å²) in [5.41, 5.74) is 0.972. The molecule has 0 aliphatic carbocycles. The minimum atomic E-state index is -3.76. The van der Waals surface area contributed by atoms with Crippen molar-refractivity contribution in [2.45, 2.75) is 23.6 Å². The fraction of sp³-hybridized carbons (Fsp3) is 0.250. The van der Waals surface area contributed by atoms with Gasteiger partial charge in [-0.15, -0.1) is 0 Å². The third-order valence-corrected chi connectivity index (χ3v) is 5.67. The van der Waals surface area contributed by atoms with E-state index in [1.165, 1.54) is 24.3 Å². The Morgan fingerprint density at radius 3 is 1.35 bits per heavy atom. The van der Waals surface area contributed by atoms with E-state index in [2.05, 4.69) is 0 Å². The smallest absolute Gasteiger partial charge is 0.238 e. The molecule has 0 aliphatic heterocycles. The summed E-state index contributed by atoms with van der Waals surface area (Å²) in [6.07, 6.45) is 0. The number of nitrogens with two attached hydrogens (primary N) is 2. The van der Waals surface area contributed by atoms with Crippen molar-refractivity contribution < 1.29 is 26.3 Å². The quantitative estimate of drug-likeness (QED) is 0.666. The lowest BCUT2D eigenvalue weighted by Gasteiger charge is -2.11. The summed E-state index contributed by atoms with van der Waals surface area (Å²) in [5.74, 6) is 0.971. The van der Waals surface area contributed by atoms with Gasteiger partial charge in [0.05, 0.1) is 9.79 Å². The van der Waals surface area contributed by atoms with Gasteiger partial charge in [0.25, 0.3) is 0 Å². The van der Waals surface area contributed by atoms with Crippen LogP contribution in [0.2, 0.25) is 0 Å². The first kappa shape index (κ1) is 20.2. The summed E-state index contributed by atoms with van der Waals surface area (Å²) in [7, 11) is -7.52. The van der Waals surface area contributed by atoms with Gasteiger partial charge >= 0.3 is 0 Å². The largest absolute Gasteiger partial charge is 0.490 e. The molecule has 0 amide bonds. The van der Waals surface area contributed by atoms with Crippen LogP contribution in [0.5, 0.6) is 11.5 Å². The zero-order chi connectivity index (χ0) is 19.5. The van der Waals surface area contributed by atoms with Crippen molar-refractivity contribution in [1.82, 2.24) is 0 Å². The molecule has 0 saturated heterocycles. The normalized spacial score (nSPS) is 12.0. The average molecular weight is 400 g/mol. The van der Waals surface area contributed by atoms with Crippen molar-refractivity contribution >= 4 is 20.0 Å². The van der Waals surface area contributed by atoms with E-state index in [4.69, 9.17) is 19.8 Å². The van der Waals surface area contributed by atoms with Crippen LogP contribution in [0.3, 0.4) is 0 Å². The standard InChI is InChI=1S/C16H20N2O6S2/c1-11-9-13(3-5-15(11)25(17,19)20)23-7-8-24-14-4-6-16(12(2)10-14)26(18,21)22/h3-6,9-10H,7-8H2,1-2H3,(H2,17,19,20)(H2,18,21,22). The van der Waals surface area contributed by atoms with Crippen LogP contribution in [-0.4, -0.2) is 30.0 Å². The summed E-state index contributed by atoms with van der Waals surface area (Å²) >= 11 is 0. The van der Waals surface area contributed by atoms with Crippen LogP contribution in [0, 0.1) is 13.8 Å². The van der Waals surface area contributed by atoms with E-state index in [1.807, 2.05) is 0 Å². The van der Waals surface area contributed by atoms with Crippen LogP contribution in [0.1, 0.15) is 11.1 Å². The Kier molecular flexibility index (Phi) is 5.91. The van der Waals surface area contributed by atoms with E-state index in [1.54, 1.807) is 26.0 Å². The molecule has 0 unspecified atom stereocenters. The van der Waals surface area contributed by atoms with Gasteiger partial charge in [-0.3, -0.25) is 0 Å². The first-order valence-electron chi connectivity index (χ1n) is 7.51. The van der Waals surface area contributed by atoms with Gasteiger partial charge in [-0.2, -0.15) is 0 Å². The zero-order valence-electron chi connectivity index (χ0n) is 14.3. The highest BCUT2D eigenvalue weighted by Crippen LogP contribution is 2.21. The fourth-order valence-corrected chi connectivity index (χ4v) is 3.91. The minimum absolute atomic E-state index is 0.0477. The molecule has 4 N–H and O–H groups in total. The Morgan fingerprint density at radius 1 is 0.731 bits per heavy atom. The molecule has 0 spiro atoms. The molecule has 0 saturated carbocycles. The maximum Gasteiger partial charge on any atom is 0.238 e. The predicted molar refractivity (Wildman–Crippen MR) is 96.1 cm³/mol. The van der Waals surface area contributed by atoms with E-state index in [0.29, 0.717) is 22.6 Å². The monoisotopic (exact) mass is 400 g/mol. The summed E-state index contributed by atoms with van der Waals surface area (Å²) in [6.45, 7) is 3.67. The Bertz CT molecular complexity index is 934. The molecule has 0 aromatic heterocycles. The molecule has 10 heteroatoms. The van der Waals surface area contributed by atoms with Crippen molar-refractivity contribution in [1.29, 1.82) is 0 Å². The average Bonchev–Trinajstić information content (AvgIpc) is 2.49. The van der Waals surface area contributed by atoms with E-state index < -0.39 is 20.0 Å². The zero-order valence-corrected chi connectivity index (χ0v) is 15.9. The van der Waals surface area contributed by atoms with Crippen molar-refractivity contribution in [3.05, 3.63) is 47.5 Å². The van der Waals surface area contributed by atoms with Crippen molar-refractivity contribution in [2.24, 2.45) is 10.3 Å². The minimum Gasteiger partial charge on any atom is -0.490 e. The maximum atomic E-state index is 11.4. The van der Waals surface area contributed by atoms with Crippen LogP contribution in [0.25, 0.3) is 0 Å². The molecule has 26 heavy (non-hydrogen) atoms. The highest BCUT2D eigenvalue weighted by atomic mass is 32.2. The van der Waals surface area contributed by atoms with E-state index in [0.717, 1.165) is 0 Å². The number of ether oxygens (including phenoxy) is 2. The molecule has 142 valence electrons. The summed E-state index contributed by atoms with van der Waals surface area (Å²) in [4.78, 5) is 0.0954. The second-order valence-corrected chi connectivity index (χ2v) is 8.70. The van der Waals surface area contributed by atoms with E-state index >= 15 is 0 Å². The van der Waals surface area contributed by atoms with Gasteiger partial charge in [0, 0.05) is 0 Å². The second kappa shape index (κ2) is 7.62. The summed E-state index contributed by atoms with van der Waals surface area (Å²) in [5, 5.41) is 10.2. The Hall–Kier alpha value is -2.14. The fourth-order valence-electron chi connectivity index (χ4n) is 2.38. The number of sulfonamides is 2. The number of benzene rings is 2. The number of rotatable bonds is 7. The molecule has 0 radical (unpaired) electrons. The molecule has 0 bridgehead atoms. The molecule has 0 atom stereocenters. The molecular weight excluding hydrogens is 380 g/mol. The molecule has 8 nitrogen and oxygen atoms in total. The first-order valence-corrected chi connectivity index (χ1v) is 10.6. The molecular formula is C16H20N2O6S2. The molecule has 2 aromatic rings. The molecule has 0 fully saturated rings. The van der Waals surface area contributed by atoms with Crippen LogP contribution < -0.4 is 19.8 Å². The second-order valence-electron chi connectivity index (χ2n) is 5.64. The SMILES string of the molecule is Cc1cc(OCCOc2ccc(S(N)(=O)=O)c(C)c2)ccc1S(N)(=O)=O. The molecule has 0 heterocycles. The highest BCUT2D eigenvalue weighted by molar-refractivity contribution is 7.89. The summed E-state index contributed by atoms with van der Waals surface area (Å²) in [6, 6.07) is 8.94. The van der Waals surface area contributed by atoms with Gasteiger partial charge in [-0.25, -0.2) is 27.1 Å². The highest BCUT2D eigenvalue weighted by Gasteiger charge is 2.13. The predicted octanol–water partition coefficient (Wildman–Crippen LogP) is 1.06. The van der Waals surface area contributed by atoms with Gasteiger partial charge in [0.15, 0.2) is 0 Å². The topological polar surface area (TPSA) is 139 Å². The van der Waals surface area contributed by atoms with Crippen molar-refractivity contribution in [2.75, 3.05) is 13.2 Å². The molecule has 2 aromatic carbocycles. The van der Waals surface area contributed by atoms with Gasteiger partial charge in [0.1, 0.15) is 24.7 Å². The van der Waals surface area contributed by atoms with Crippen molar-refractivity contribution in [3.63, 3.8) is 0 Å².